The maximum Gasteiger partial charge on any atom is 0.261 e. The summed E-state index contributed by atoms with van der Waals surface area (Å²) in [6, 6.07) is 26.3. The molecule has 2 aromatic rings. The van der Waals surface area contributed by atoms with Crippen LogP contribution in [0.25, 0.3) is 0 Å². The van der Waals surface area contributed by atoms with E-state index in [1.54, 1.807) is 0 Å². The lowest BCUT2D eigenvalue weighted by Gasteiger charge is -2.53. The lowest BCUT2D eigenvalue weighted by molar-refractivity contribution is -0.340. The molecule has 1 spiro atoms. The molecule has 0 aromatic heterocycles. The quantitative estimate of drug-likeness (QED) is 0.0658. The molecule has 2 fully saturated rings. The molecule has 4 rings (SSSR count). The summed E-state index contributed by atoms with van der Waals surface area (Å²) in [5, 5.41) is 2.42. The Morgan fingerprint density at radius 2 is 1.30 bits per heavy atom. The molecular weight excluding hydrogens is 673 g/mol. The van der Waals surface area contributed by atoms with Crippen molar-refractivity contribution >= 4 is 35.1 Å². The largest absolute Gasteiger partial charge is 0.414 e. The van der Waals surface area contributed by atoms with Gasteiger partial charge in [0, 0.05) is 33.9 Å². The Morgan fingerprint density at radius 1 is 0.780 bits per heavy atom. The van der Waals surface area contributed by atoms with Crippen molar-refractivity contribution in [2.45, 2.75) is 153 Å². The van der Waals surface area contributed by atoms with E-state index >= 15 is 0 Å². The zero-order valence-electron chi connectivity index (χ0n) is 32.8. The van der Waals surface area contributed by atoms with Crippen LogP contribution in [-0.4, -0.2) is 74.9 Å². The summed E-state index contributed by atoms with van der Waals surface area (Å²) in [4.78, 5) is 0. The fraction of sp³-hybridized carbons (Fsp3) is 0.659. The third-order valence-corrected chi connectivity index (χ3v) is 22.4. The summed E-state index contributed by atoms with van der Waals surface area (Å²) in [5.74, 6) is -0.840. The molecule has 0 bridgehead atoms. The van der Waals surface area contributed by atoms with Crippen molar-refractivity contribution < 1.29 is 27.8 Å². The third kappa shape index (κ3) is 10.6. The van der Waals surface area contributed by atoms with Crippen molar-refractivity contribution in [2.75, 3.05) is 20.0 Å². The number of hydrogen-bond donors (Lipinski definition) is 0. The summed E-state index contributed by atoms with van der Waals surface area (Å²) >= 11 is 0. The van der Waals surface area contributed by atoms with Crippen LogP contribution in [0.1, 0.15) is 73.6 Å². The van der Waals surface area contributed by atoms with Crippen LogP contribution in [0.15, 0.2) is 73.3 Å². The third-order valence-electron chi connectivity index (χ3n) is 10.9. The lowest BCUT2D eigenvalue weighted by atomic mass is 9.89. The highest BCUT2D eigenvalue weighted by Gasteiger charge is 2.55. The molecule has 2 aromatic carbocycles. The minimum Gasteiger partial charge on any atom is -0.414 e. The molecule has 0 unspecified atom stereocenters. The average molecular weight is 741 g/mol. The molecule has 0 aliphatic carbocycles. The highest BCUT2D eigenvalue weighted by atomic mass is 28.4. The van der Waals surface area contributed by atoms with E-state index in [4.69, 9.17) is 27.8 Å². The minimum absolute atomic E-state index is 0.0263. The summed E-state index contributed by atoms with van der Waals surface area (Å²) in [6.07, 6.45) is 5.38. The van der Waals surface area contributed by atoms with Crippen molar-refractivity contribution in [3.05, 3.63) is 73.3 Å². The summed E-state index contributed by atoms with van der Waals surface area (Å²) in [6.45, 7) is 26.6. The van der Waals surface area contributed by atoms with Gasteiger partial charge in [-0.3, -0.25) is 0 Å². The molecule has 6 nitrogen and oxygen atoms in total. The zero-order valence-corrected chi connectivity index (χ0v) is 35.8. The molecule has 2 saturated heterocycles. The van der Waals surface area contributed by atoms with Crippen LogP contribution >= 0.6 is 0 Å². The molecule has 9 heteroatoms. The SMILES string of the molecule is C=CC[C@@H]1C[C@H](O[Si](CC)(CC)CC)C[C@@]2(C[C@@H](O[Si](c3ccccc3)(c3ccccc3)C(C)(C)C)C[C@H](COCOCC[Si](C)(C)C)O2)O1. The fourth-order valence-corrected chi connectivity index (χ4v) is 16.4. The maximum absolute atomic E-state index is 7.80. The molecule has 2 aliphatic rings. The molecule has 280 valence electrons. The van der Waals surface area contributed by atoms with Crippen LogP contribution in [0.4, 0.5) is 0 Å². The second kappa shape index (κ2) is 18.1. The Morgan fingerprint density at radius 3 is 1.80 bits per heavy atom. The smallest absolute Gasteiger partial charge is 0.261 e. The Bertz CT molecular complexity index is 1250. The first-order chi connectivity index (χ1) is 23.7. The number of hydrogen-bond acceptors (Lipinski definition) is 6. The Balaban J connectivity index is 1.70. The molecule has 50 heavy (non-hydrogen) atoms. The molecule has 0 amide bonds. The van der Waals surface area contributed by atoms with Crippen LogP contribution in [0.2, 0.25) is 48.9 Å². The van der Waals surface area contributed by atoms with E-state index in [0.29, 0.717) is 19.4 Å². The van der Waals surface area contributed by atoms with Crippen LogP contribution in [0.5, 0.6) is 0 Å². The van der Waals surface area contributed by atoms with Crippen molar-refractivity contribution in [1.82, 2.24) is 0 Å². The van der Waals surface area contributed by atoms with Crippen LogP contribution in [0.3, 0.4) is 0 Å². The Kier molecular flexibility index (Phi) is 15.0. The van der Waals surface area contributed by atoms with Crippen molar-refractivity contribution in [1.29, 1.82) is 0 Å². The normalized spacial score (nSPS) is 25.1. The van der Waals surface area contributed by atoms with Gasteiger partial charge in [0.25, 0.3) is 8.32 Å². The molecule has 0 radical (unpaired) electrons. The summed E-state index contributed by atoms with van der Waals surface area (Å²) in [7, 11) is -5.88. The van der Waals surface area contributed by atoms with Gasteiger partial charge in [-0.05, 0) is 52.4 Å². The first-order valence-corrected chi connectivity index (χ1v) is 27.5. The van der Waals surface area contributed by atoms with E-state index in [1.807, 2.05) is 6.08 Å². The number of ether oxygens (including phenoxy) is 4. The van der Waals surface area contributed by atoms with E-state index < -0.39 is 30.5 Å². The molecule has 0 saturated carbocycles. The van der Waals surface area contributed by atoms with Gasteiger partial charge in [0.2, 0.25) is 0 Å². The van der Waals surface area contributed by atoms with E-state index in [9.17, 15) is 0 Å². The van der Waals surface area contributed by atoms with Gasteiger partial charge in [-0.2, -0.15) is 0 Å². The second-order valence-corrected chi connectivity index (χ2v) is 31.5. The van der Waals surface area contributed by atoms with Crippen LogP contribution in [-0.2, 0) is 27.8 Å². The van der Waals surface area contributed by atoms with Crippen molar-refractivity contribution in [3.8, 4) is 0 Å². The average Bonchev–Trinajstić information content (AvgIpc) is 3.07. The standard InChI is InChI=1S/C41H68O6Si3/c1-11-21-34-28-35(46-49(12-2,13-3)14-4)30-41(44-34)31-36(29-37(45-41)32-43-33-42-26-27-48(8,9)10)47-50(40(5,6)7,38-22-17-15-18-23-38)39-24-19-16-20-25-39/h11,15-20,22-25,34-37H,1,12-14,21,26-33H2,2-10H3/t34-,35+,36+,37-,41-/m1/s1. The van der Waals surface area contributed by atoms with Gasteiger partial charge in [0.05, 0.1) is 31.0 Å². The number of rotatable bonds is 18. The molecular formula is C41H68O6Si3. The second-order valence-electron chi connectivity index (χ2n) is 16.9. The van der Waals surface area contributed by atoms with Gasteiger partial charge >= 0.3 is 0 Å². The Labute approximate surface area is 307 Å². The van der Waals surface area contributed by atoms with Gasteiger partial charge in [0.15, 0.2) is 14.1 Å². The maximum atomic E-state index is 7.80. The predicted molar refractivity (Wildman–Crippen MR) is 215 cm³/mol. The monoisotopic (exact) mass is 740 g/mol. The highest BCUT2D eigenvalue weighted by molar-refractivity contribution is 6.99. The van der Waals surface area contributed by atoms with Crippen LogP contribution in [0, 0.1) is 0 Å². The molecule has 0 N–H and O–H groups in total. The number of benzene rings is 2. The van der Waals surface area contributed by atoms with Gasteiger partial charge < -0.3 is 27.8 Å². The predicted octanol–water partition coefficient (Wildman–Crippen LogP) is 9.28. The highest BCUT2D eigenvalue weighted by Crippen LogP contribution is 2.46. The lowest BCUT2D eigenvalue weighted by Crippen LogP contribution is -2.69. The van der Waals surface area contributed by atoms with Crippen LogP contribution < -0.4 is 10.4 Å². The van der Waals surface area contributed by atoms with Gasteiger partial charge in [-0.1, -0.05) is 128 Å². The van der Waals surface area contributed by atoms with E-state index in [2.05, 4.69) is 128 Å². The summed E-state index contributed by atoms with van der Waals surface area (Å²) < 4.78 is 41.3. The Hall–Kier alpha value is -1.41. The first-order valence-electron chi connectivity index (χ1n) is 19.3. The van der Waals surface area contributed by atoms with E-state index in [0.717, 1.165) is 50.0 Å². The van der Waals surface area contributed by atoms with Gasteiger partial charge in [0.1, 0.15) is 6.79 Å². The first kappa shape index (κ1) is 41.3. The summed E-state index contributed by atoms with van der Waals surface area (Å²) in [5.41, 5.74) is 0. The minimum atomic E-state index is -2.83. The zero-order chi connectivity index (χ0) is 36.5. The van der Waals surface area contributed by atoms with E-state index in [-0.39, 0.29) is 36.2 Å². The van der Waals surface area contributed by atoms with Crippen molar-refractivity contribution in [2.24, 2.45) is 0 Å². The van der Waals surface area contributed by atoms with Gasteiger partial charge in [-0.25, -0.2) is 0 Å². The van der Waals surface area contributed by atoms with Crippen molar-refractivity contribution in [3.63, 3.8) is 0 Å². The fourth-order valence-electron chi connectivity index (χ4n) is 8.04. The van der Waals surface area contributed by atoms with E-state index in [1.165, 1.54) is 10.4 Å². The van der Waals surface area contributed by atoms with Gasteiger partial charge in [-0.15, -0.1) is 6.58 Å². The molecule has 2 aliphatic heterocycles. The topological polar surface area (TPSA) is 55.4 Å². The molecule has 2 heterocycles. The molecule has 5 atom stereocenters.